The fourth-order valence-electron chi connectivity index (χ4n) is 2.35. The minimum Gasteiger partial charge on any atom is -0.434 e. The molecule has 0 radical (unpaired) electrons. The van der Waals surface area contributed by atoms with Crippen LogP contribution in [-0.4, -0.2) is 17.7 Å². The highest BCUT2D eigenvalue weighted by molar-refractivity contribution is 5.75. The van der Waals surface area contributed by atoms with Crippen LogP contribution in [0, 0.1) is 10.8 Å². The second-order valence-electron chi connectivity index (χ2n) is 6.46. The van der Waals surface area contributed by atoms with Gasteiger partial charge in [0.15, 0.2) is 0 Å². The van der Waals surface area contributed by atoms with Gasteiger partial charge in [-0.15, -0.1) is 0 Å². The van der Waals surface area contributed by atoms with E-state index in [0.717, 1.165) is 31.3 Å². The number of hydrogen-bond donors (Lipinski definition) is 1. The lowest BCUT2D eigenvalue weighted by Crippen LogP contribution is -2.30. The highest BCUT2D eigenvalue weighted by atomic mass is 16.5. The average Bonchev–Trinajstić information content (AvgIpc) is 2.35. The van der Waals surface area contributed by atoms with Crippen LogP contribution in [0.3, 0.4) is 0 Å². The van der Waals surface area contributed by atoms with E-state index in [0.29, 0.717) is 0 Å². The summed E-state index contributed by atoms with van der Waals surface area (Å²) in [5.41, 5.74) is 0.328. The van der Waals surface area contributed by atoms with Gasteiger partial charge in [-0.3, -0.25) is 4.79 Å². The lowest BCUT2D eigenvalue weighted by Gasteiger charge is -2.36. The number of aliphatic hydroxyl groups is 1. The maximum Gasteiger partial charge on any atom is 0.316 e. The summed E-state index contributed by atoms with van der Waals surface area (Å²) in [5, 5.41) is 9.66. The summed E-state index contributed by atoms with van der Waals surface area (Å²) in [4.78, 5) is 11.7. The molecule has 18 heavy (non-hydrogen) atoms. The number of hydrogen-bond acceptors (Lipinski definition) is 3. The van der Waals surface area contributed by atoms with E-state index < -0.39 is 5.41 Å². The Morgan fingerprint density at radius 3 is 2.28 bits per heavy atom. The number of aliphatic hydroxyl groups excluding tert-OH is 1. The number of carbonyl (C=O) groups excluding carboxylic acids is 1. The van der Waals surface area contributed by atoms with Crippen LogP contribution in [0.25, 0.3) is 0 Å². The third-order valence-corrected chi connectivity index (χ3v) is 3.90. The predicted octanol–water partition coefficient (Wildman–Crippen LogP) is 3.42. The summed E-state index contributed by atoms with van der Waals surface area (Å²) in [6.45, 7) is 7.60. The van der Waals surface area contributed by atoms with Gasteiger partial charge < -0.3 is 9.84 Å². The van der Waals surface area contributed by atoms with Crippen molar-refractivity contribution >= 4 is 5.97 Å². The Balaban J connectivity index is 2.72. The lowest BCUT2D eigenvalue weighted by atomic mass is 9.70. The van der Waals surface area contributed by atoms with Gasteiger partial charge >= 0.3 is 5.97 Å². The molecule has 0 aliphatic heterocycles. The van der Waals surface area contributed by atoms with Crippen molar-refractivity contribution < 1.29 is 14.6 Å². The number of esters is 1. The van der Waals surface area contributed by atoms with E-state index in [4.69, 9.17) is 4.74 Å². The Hall–Kier alpha value is -0.830. The standard InChI is InChI=1S/C15H26O3/c1-12(10-18-13(17)14(2,3)4)15(11-16)8-6-5-7-9-15/h10,16H,5-9,11H2,1-4H3/b12-10+. The van der Waals surface area contributed by atoms with E-state index in [1.54, 1.807) is 6.26 Å². The van der Waals surface area contributed by atoms with Gasteiger partial charge in [-0.25, -0.2) is 0 Å². The van der Waals surface area contributed by atoms with Crippen LogP contribution in [0.2, 0.25) is 0 Å². The van der Waals surface area contributed by atoms with Gasteiger partial charge in [-0.2, -0.15) is 0 Å². The second-order valence-corrected chi connectivity index (χ2v) is 6.46. The molecular weight excluding hydrogens is 228 g/mol. The van der Waals surface area contributed by atoms with Crippen molar-refractivity contribution in [1.29, 1.82) is 0 Å². The maximum atomic E-state index is 11.7. The number of rotatable bonds is 3. The number of carbonyl (C=O) groups is 1. The van der Waals surface area contributed by atoms with E-state index in [1.165, 1.54) is 6.42 Å². The molecule has 0 atom stereocenters. The van der Waals surface area contributed by atoms with Crippen LogP contribution in [0.15, 0.2) is 11.8 Å². The molecule has 0 bridgehead atoms. The molecule has 104 valence electrons. The average molecular weight is 254 g/mol. The van der Waals surface area contributed by atoms with Crippen LogP contribution in [0.5, 0.6) is 0 Å². The summed E-state index contributed by atoms with van der Waals surface area (Å²) in [6.07, 6.45) is 7.03. The first-order valence-electron chi connectivity index (χ1n) is 6.81. The van der Waals surface area contributed by atoms with Gasteiger partial charge in [0.2, 0.25) is 0 Å². The van der Waals surface area contributed by atoms with Crippen molar-refractivity contribution in [2.45, 2.75) is 59.8 Å². The van der Waals surface area contributed by atoms with E-state index >= 15 is 0 Å². The lowest BCUT2D eigenvalue weighted by molar-refractivity contribution is -0.147. The number of ether oxygens (including phenoxy) is 1. The van der Waals surface area contributed by atoms with Crippen molar-refractivity contribution in [2.24, 2.45) is 10.8 Å². The molecule has 1 fully saturated rings. The Kier molecular flexibility index (Phi) is 4.97. The van der Waals surface area contributed by atoms with E-state index in [2.05, 4.69) is 0 Å². The van der Waals surface area contributed by atoms with Gasteiger partial charge in [-0.1, -0.05) is 19.3 Å². The smallest absolute Gasteiger partial charge is 0.316 e. The molecule has 1 N–H and O–H groups in total. The minimum absolute atomic E-state index is 0.141. The van der Waals surface area contributed by atoms with Crippen molar-refractivity contribution in [1.82, 2.24) is 0 Å². The van der Waals surface area contributed by atoms with Crippen molar-refractivity contribution in [2.75, 3.05) is 6.61 Å². The summed E-state index contributed by atoms with van der Waals surface area (Å²) in [5.74, 6) is -0.231. The SMILES string of the molecule is C/C(=C\OC(=O)C(C)(C)C)C1(CO)CCCCC1. The Morgan fingerprint density at radius 1 is 1.28 bits per heavy atom. The molecule has 0 aromatic rings. The summed E-state index contributed by atoms with van der Waals surface area (Å²) in [7, 11) is 0. The Bertz CT molecular complexity index is 317. The first-order valence-corrected chi connectivity index (χ1v) is 6.81. The quantitative estimate of drug-likeness (QED) is 0.620. The molecule has 0 heterocycles. The first kappa shape index (κ1) is 15.2. The topological polar surface area (TPSA) is 46.5 Å². The predicted molar refractivity (Wildman–Crippen MR) is 71.9 cm³/mol. The fourth-order valence-corrected chi connectivity index (χ4v) is 2.35. The van der Waals surface area contributed by atoms with Crippen LogP contribution in [-0.2, 0) is 9.53 Å². The highest BCUT2D eigenvalue weighted by Gasteiger charge is 2.33. The zero-order chi connectivity index (χ0) is 13.8. The normalized spacial score (nSPS) is 20.6. The molecule has 1 aliphatic carbocycles. The molecule has 0 aromatic carbocycles. The molecule has 1 aliphatic rings. The third-order valence-electron chi connectivity index (χ3n) is 3.90. The van der Waals surface area contributed by atoms with Gasteiger partial charge in [0.25, 0.3) is 0 Å². The van der Waals surface area contributed by atoms with Crippen molar-refractivity contribution in [3.63, 3.8) is 0 Å². The Labute approximate surface area is 110 Å². The molecule has 3 nitrogen and oxygen atoms in total. The minimum atomic E-state index is -0.490. The first-order chi connectivity index (χ1) is 8.32. The highest BCUT2D eigenvalue weighted by Crippen LogP contribution is 2.41. The van der Waals surface area contributed by atoms with E-state index in [9.17, 15) is 9.90 Å². The van der Waals surface area contributed by atoms with Crippen LogP contribution in [0.4, 0.5) is 0 Å². The molecule has 1 rings (SSSR count). The van der Waals surface area contributed by atoms with Crippen LogP contribution < -0.4 is 0 Å². The maximum absolute atomic E-state index is 11.7. The molecule has 0 spiro atoms. The van der Waals surface area contributed by atoms with E-state index in [-0.39, 0.29) is 18.0 Å². The monoisotopic (exact) mass is 254 g/mol. The van der Waals surface area contributed by atoms with Gasteiger partial charge in [0.1, 0.15) is 0 Å². The van der Waals surface area contributed by atoms with Crippen molar-refractivity contribution in [3.8, 4) is 0 Å². The van der Waals surface area contributed by atoms with E-state index in [1.807, 2.05) is 27.7 Å². The third kappa shape index (κ3) is 3.58. The van der Waals surface area contributed by atoms with Gasteiger partial charge in [0, 0.05) is 5.41 Å². The summed E-state index contributed by atoms with van der Waals surface area (Å²) < 4.78 is 5.24. The fraction of sp³-hybridized carbons (Fsp3) is 0.800. The second kappa shape index (κ2) is 5.87. The van der Waals surface area contributed by atoms with Crippen LogP contribution >= 0.6 is 0 Å². The molecule has 0 amide bonds. The zero-order valence-electron chi connectivity index (χ0n) is 12.1. The summed E-state index contributed by atoms with van der Waals surface area (Å²) >= 11 is 0. The molecular formula is C15H26O3. The molecule has 1 saturated carbocycles. The Morgan fingerprint density at radius 2 is 1.83 bits per heavy atom. The zero-order valence-corrected chi connectivity index (χ0v) is 12.1. The van der Waals surface area contributed by atoms with Gasteiger partial charge in [0.05, 0.1) is 18.3 Å². The van der Waals surface area contributed by atoms with Crippen molar-refractivity contribution in [3.05, 3.63) is 11.8 Å². The molecule has 0 saturated heterocycles. The molecule has 0 unspecified atom stereocenters. The van der Waals surface area contributed by atoms with Gasteiger partial charge in [-0.05, 0) is 46.1 Å². The molecule has 0 aromatic heterocycles. The summed E-state index contributed by atoms with van der Waals surface area (Å²) in [6, 6.07) is 0. The largest absolute Gasteiger partial charge is 0.434 e. The van der Waals surface area contributed by atoms with Crippen LogP contribution in [0.1, 0.15) is 59.8 Å². The molecule has 3 heteroatoms.